The minimum absolute atomic E-state index is 0.0852. The minimum atomic E-state index is -6.92. The van der Waals surface area contributed by atoms with Crippen LogP contribution >= 0.6 is 0 Å². The molecular weight excluding hydrogens is 415 g/mol. The summed E-state index contributed by atoms with van der Waals surface area (Å²) >= 11 is 0. The largest absolute Gasteiger partial charge is 0.460 e. The fraction of sp³-hybridized carbons (Fsp3) is 0.368. The van der Waals surface area contributed by atoms with Crippen molar-refractivity contribution in [2.24, 2.45) is 0 Å². The van der Waals surface area contributed by atoms with Gasteiger partial charge in [-0.2, -0.15) is 39.5 Å². The third-order valence-corrected chi connectivity index (χ3v) is 4.33. The lowest BCUT2D eigenvalue weighted by Gasteiger charge is -2.35. The molecule has 2 rings (SSSR count). The highest BCUT2D eigenvalue weighted by atomic mass is 19.4. The Bertz CT molecular complexity index is 799. The molecule has 1 atom stereocenters. The van der Waals surface area contributed by atoms with Crippen molar-refractivity contribution in [3.05, 3.63) is 60.2 Å². The van der Waals surface area contributed by atoms with E-state index in [4.69, 9.17) is 0 Å². The summed E-state index contributed by atoms with van der Waals surface area (Å²) in [6.45, 7) is 0. The Kier molecular flexibility index (Phi) is 6.27. The maximum absolute atomic E-state index is 13.9. The van der Waals surface area contributed by atoms with Crippen molar-refractivity contribution in [3.8, 4) is 11.1 Å². The van der Waals surface area contributed by atoms with Gasteiger partial charge in [0.25, 0.3) is 0 Å². The predicted molar refractivity (Wildman–Crippen MR) is 87.1 cm³/mol. The lowest BCUT2D eigenvalue weighted by atomic mass is 9.94. The molecule has 0 radical (unpaired) electrons. The number of rotatable bonds is 7. The van der Waals surface area contributed by atoms with Gasteiger partial charge in [0.1, 0.15) is 0 Å². The topological polar surface area (TPSA) is 9.23 Å². The molecule has 29 heavy (non-hydrogen) atoms. The molecule has 1 nitrogen and oxygen atoms in total. The number of benzene rings is 2. The third kappa shape index (κ3) is 4.36. The number of ether oxygens (including phenoxy) is 1. The van der Waals surface area contributed by atoms with E-state index >= 15 is 0 Å². The Morgan fingerprint density at radius 1 is 0.690 bits per heavy atom. The number of halogens is 9. The van der Waals surface area contributed by atoms with Gasteiger partial charge in [-0.1, -0.05) is 54.6 Å². The Morgan fingerprint density at radius 2 is 1.17 bits per heavy atom. The highest BCUT2D eigenvalue weighted by Gasteiger charge is 2.81. The fourth-order valence-electron chi connectivity index (χ4n) is 2.63. The lowest BCUT2D eigenvalue weighted by molar-refractivity contribution is -0.398. The van der Waals surface area contributed by atoms with Crippen LogP contribution in [0.4, 0.5) is 39.5 Å². The van der Waals surface area contributed by atoms with E-state index in [0.717, 1.165) is 12.7 Å². The maximum Gasteiger partial charge on any atom is 0.460 e. The molecule has 0 aliphatic rings. The van der Waals surface area contributed by atoms with Gasteiger partial charge in [-0.15, -0.1) is 0 Å². The molecule has 0 spiro atoms. The molecule has 1 unspecified atom stereocenters. The zero-order valence-electron chi connectivity index (χ0n) is 14.8. The van der Waals surface area contributed by atoms with Crippen LogP contribution in [0.15, 0.2) is 54.6 Å². The normalized spacial score (nSPS) is 14.7. The van der Waals surface area contributed by atoms with Gasteiger partial charge in [0.15, 0.2) is 0 Å². The molecule has 0 amide bonds. The van der Waals surface area contributed by atoms with Crippen LogP contribution < -0.4 is 0 Å². The van der Waals surface area contributed by atoms with E-state index in [-0.39, 0.29) is 5.56 Å². The molecule has 0 N–H and O–H groups in total. The van der Waals surface area contributed by atoms with Crippen molar-refractivity contribution >= 4 is 0 Å². The zero-order chi connectivity index (χ0) is 22.1. The number of methoxy groups -OCH3 is 1. The van der Waals surface area contributed by atoms with Crippen LogP contribution in [0.2, 0.25) is 0 Å². The van der Waals surface area contributed by atoms with E-state index in [0.29, 0.717) is 5.56 Å². The Hall–Kier alpha value is -2.23. The summed E-state index contributed by atoms with van der Waals surface area (Å²) in [4.78, 5) is 0. The molecule has 10 heteroatoms. The van der Waals surface area contributed by atoms with Crippen molar-refractivity contribution in [2.45, 2.75) is 36.5 Å². The molecule has 2 aromatic carbocycles. The molecule has 0 aliphatic heterocycles. The number of hydrogen-bond acceptors (Lipinski definition) is 1. The van der Waals surface area contributed by atoms with Crippen molar-refractivity contribution in [1.82, 2.24) is 0 Å². The van der Waals surface area contributed by atoms with Gasteiger partial charge in [0.05, 0.1) is 6.10 Å². The summed E-state index contributed by atoms with van der Waals surface area (Å²) in [7, 11) is 0.853. The zero-order valence-corrected chi connectivity index (χ0v) is 14.8. The fourth-order valence-corrected chi connectivity index (χ4v) is 2.63. The van der Waals surface area contributed by atoms with Gasteiger partial charge < -0.3 is 4.74 Å². The van der Waals surface area contributed by atoms with Crippen molar-refractivity contribution in [2.75, 3.05) is 7.11 Å². The molecule has 0 aromatic heterocycles. The monoisotopic (exact) mass is 430 g/mol. The van der Waals surface area contributed by atoms with E-state index in [9.17, 15) is 39.5 Å². The maximum atomic E-state index is 13.9. The highest BCUT2D eigenvalue weighted by molar-refractivity contribution is 5.63. The average Bonchev–Trinajstić information content (AvgIpc) is 2.66. The van der Waals surface area contributed by atoms with Crippen molar-refractivity contribution < 1.29 is 44.3 Å². The van der Waals surface area contributed by atoms with E-state index in [1.807, 2.05) is 0 Å². The van der Waals surface area contributed by atoms with Gasteiger partial charge in [-0.3, -0.25) is 0 Å². The molecule has 0 aliphatic carbocycles. The molecular formula is C19H15F9O. The first kappa shape index (κ1) is 23.1. The molecule has 0 bridgehead atoms. The first-order valence-corrected chi connectivity index (χ1v) is 8.13. The summed E-state index contributed by atoms with van der Waals surface area (Å²) in [5, 5.41) is 0. The van der Waals surface area contributed by atoms with Gasteiger partial charge in [-0.25, -0.2) is 0 Å². The Labute approximate surface area is 160 Å². The first-order valence-electron chi connectivity index (χ1n) is 8.13. The summed E-state index contributed by atoms with van der Waals surface area (Å²) in [5.74, 6) is -19.3. The molecule has 0 saturated heterocycles. The van der Waals surface area contributed by atoms with Crippen molar-refractivity contribution in [3.63, 3.8) is 0 Å². The quantitative estimate of drug-likeness (QED) is 0.434. The van der Waals surface area contributed by atoms with E-state index < -0.39 is 36.5 Å². The van der Waals surface area contributed by atoms with Crippen LogP contribution in [0, 0.1) is 0 Å². The number of hydrogen-bond donors (Lipinski definition) is 0. The Balaban J connectivity index is 2.28. The molecule has 2 aromatic rings. The van der Waals surface area contributed by atoms with E-state index in [1.54, 1.807) is 30.3 Å². The van der Waals surface area contributed by atoms with Gasteiger partial charge in [0, 0.05) is 13.5 Å². The van der Waals surface area contributed by atoms with Crippen LogP contribution in [-0.4, -0.2) is 31.1 Å². The van der Waals surface area contributed by atoms with Crippen LogP contribution in [0.25, 0.3) is 11.1 Å². The second-order valence-corrected chi connectivity index (χ2v) is 6.27. The SMILES string of the molecule is COC(CC(F)(F)C(F)(F)C(F)(F)C(F)(F)F)c1ccc(-c2ccccc2)cc1. The van der Waals surface area contributed by atoms with Gasteiger partial charge in [-0.05, 0) is 16.7 Å². The first-order chi connectivity index (χ1) is 13.2. The van der Waals surface area contributed by atoms with Crippen LogP contribution in [-0.2, 0) is 4.74 Å². The Morgan fingerprint density at radius 3 is 1.62 bits per heavy atom. The van der Waals surface area contributed by atoms with Gasteiger partial charge >= 0.3 is 23.9 Å². The van der Waals surface area contributed by atoms with Crippen LogP contribution in [0.1, 0.15) is 18.1 Å². The lowest BCUT2D eigenvalue weighted by Crippen LogP contribution is -2.61. The molecule has 160 valence electrons. The van der Waals surface area contributed by atoms with Crippen LogP contribution in [0.3, 0.4) is 0 Å². The minimum Gasteiger partial charge on any atom is -0.377 e. The standard InChI is InChI=1S/C19H15F9O/c1-29-15(11-16(20,21)17(22,23)18(24,25)19(26,27)28)14-9-7-13(8-10-14)12-5-3-2-4-6-12/h2-10,15H,11H2,1H3. The van der Waals surface area contributed by atoms with Crippen molar-refractivity contribution in [1.29, 1.82) is 0 Å². The summed E-state index contributed by atoms with van der Waals surface area (Å²) in [5.41, 5.74) is 1.32. The highest BCUT2D eigenvalue weighted by Crippen LogP contribution is 2.55. The van der Waals surface area contributed by atoms with E-state index in [1.165, 1.54) is 24.3 Å². The summed E-state index contributed by atoms with van der Waals surface area (Å²) in [6.07, 6.45) is -10.8. The average molecular weight is 430 g/mol. The van der Waals surface area contributed by atoms with E-state index in [2.05, 4.69) is 4.74 Å². The number of alkyl halides is 9. The third-order valence-electron chi connectivity index (χ3n) is 4.33. The predicted octanol–water partition coefficient (Wildman–Crippen LogP) is 6.90. The second kappa shape index (κ2) is 7.89. The second-order valence-electron chi connectivity index (χ2n) is 6.27. The molecule has 0 fully saturated rings. The smallest absolute Gasteiger partial charge is 0.377 e. The van der Waals surface area contributed by atoms with Crippen LogP contribution in [0.5, 0.6) is 0 Å². The van der Waals surface area contributed by atoms with Gasteiger partial charge in [0.2, 0.25) is 0 Å². The summed E-state index contributed by atoms with van der Waals surface area (Å²) in [6, 6.07) is 14.1. The summed E-state index contributed by atoms with van der Waals surface area (Å²) < 4.78 is 122. The molecule has 0 heterocycles. The molecule has 0 saturated carbocycles.